The molecule has 0 radical (unpaired) electrons. The van der Waals surface area contributed by atoms with E-state index >= 15 is 0 Å². The number of hydrogen-bond acceptors (Lipinski definition) is 8. The van der Waals surface area contributed by atoms with Gasteiger partial charge in [0.05, 0.1) is 26.1 Å². The van der Waals surface area contributed by atoms with E-state index in [2.05, 4.69) is 32.6 Å². The number of unbranched alkanes of at least 4 members (excludes halogenated alkanes) is 20. The molecule has 0 aromatic heterocycles. The van der Waals surface area contributed by atoms with E-state index in [0.29, 0.717) is 44.3 Å². The highest BCUT2D eigenvalue weighted by Gasteiger charge is 2.15. The van der Waals surface area contributed by atoms with E-state index < -0.39 is 10.1 Å². The molecule has 8 nitrogen and oxygen atoms in total. The van der Waals surface area contributed by atoms with Crippen LogP contribution in [-0.4, -0.2) is 71.0 Å². The number of nitrogens with zero attached hydrogens (tertiary/aromatic N) is 1. The molecule has 2 atom stereocenters. The van der Waals surface area contributed by atoms with Crippen molar-refractivity contribution in [2.75, 3.05) is 45.7 Å². The molecule has 0 saturated carbocycles. The second kappa shape index (κ2) is 41.5. The van der Waals surface area contributed by atoms with Gasteiger partial charge in [0, 0.05) is 19.4 Å². The minimum atomic E-state index is -3.45. The summed E-state index contributed by atoms with van der Waals surface area (Å²) in [5.41, 5.74) is 0. The van der Waals surface area contributed by atoms with Crippen molar-refractivity contribution in [3.8, 4) is 0 Å². The maximum Gasteiger partial charge on any atom is 0.305 e. The zero-order valence-corrected chi connectivity index (χ0v) is 39.3. The van der Waals surface area contributed by atoms with Crippen molar-refractivity contribution < 1.29 is 31.7 Å². The second-order valence-corrected chi connectivity index (χ2v) is 18.9. The van der Waals surface area contributed by atoms with Crippen molar-refractivity contribution in [2.24, 2.45) is 11.8 Å². The van der Waals surface area contributed by atoms with Crippen molar-refractivity contribution in [1.29, 1.82) is 0 Å². The molecule has 0 aromatic carbocycles. The molecule has 0 aliphatic carbocycles. The minimum absolute atomic E-state index is 0.0647. The highest BCUT2D eigenvalue weighted by Crippen LogP contribution is 2.21. The first-order chi connectivity index (χ1) is 27.6. The molecule has 0 heterocycles. The first-order valence-corrected chi connectivity index (χ1v) is 26.3. The maximum absolute atomic E-state index is 12.7. The van der Waals surface area contributed by atoms with Gasteiger partial charge < -0.3 is 14.4 Å². The lowest BCUT2D eigenvalue weighted by Crippen LogP contribution is -2.28. The van der Waals surface area contributed by atoms with Gasteiger partial charge in [-0.05, 0) is 82.7 Å². The van der Waals surface area contributed by atoms with Gasteiger partial charge in [-0.2, -0.15) is 8.42 Å². The highest BCUT2D eigenvalue weighted by molar-refractivity contribution is 7.85. The third-order valence-electron chi connectivity index (χ3n) is 11.5. The average molecular weight is 830 g/mol. The summed E-state index contributed by atoms with van der Waals surface area (Å²) in [5, 5.41) is 0. The molecular formula is C48H95NO7S. The fraction of sp³-hybridized carbons (Fsp3) is 0.958. The first kappa shape index (κ1) is 55.8. The quantitative estimate of drug-likeness (QED) is 0.0340. The lowest BCUT2D eigenvalue weighted by atomic mass is 9.95. The zero-order chi connectivity index (χ0) is 42.1. The van der Waals surface area contributed by atoms with Gasteiger partial charge in [0.1, 0.15) is 0 Å². The molecule has 9 heteroatoms. The Hall–Kier alpha value is -1.19. The zero-order valence-electron chi connectivity index (χ0n) is 38.4. The molecule has 340 valence electrons. The van der Waals surface area contributed by atoms with Gasteiger partial charge in [0.15, 0.2) is 0 Å². The van der Waals surface area contributed by atoms with E-state index in [1.165, 1.54) is 141 Å². The van der Waals surface area contributed by atoms with E-state index in [0.717, 1.165) is 77.3 Å². The Morgan fingerprint density at radius 1 is 0.439 bits per heavy atom. The van der Waals surface area contributed by atoms with E-state index in [9.17, 15) is 18.0 Å². The van der Waals surface area contributed by atoms with Gasteiger partial charge in [0.25, 0.3) is 10.1 Å². The van der Waals surface area contributed by atoms with Crippen molar-refractivity contribution in [3.63, 3.8) is 0 Å². The number of rotatable bonds is 45. The monoisotopic (exact) mass is 830 g/mol. The van der Waals surface area contributed by atoms with E-state index in [1.807, 2.05) is 0 Å². The Labute approximate surface area is 354 Å². The molecular weight excluding hydrogens is 735 g/mol. The van der Waals surface area contributed by atoms with Crippen LogP contribution < -0.4 is 0 Å². The largest absolute Gasteiger partial charge is 0.465 e. The van der Waals surface area contributed by atoms with Crippen LogP contribution in [0.5, 0.6) is 0 Å². The summed E-state index contributed by atoms with van der Waals surface area (Å²) in [6.45, 7) is 12.9. The van der Waals surface area contributed by atoms with Crippen LogP contribution in [0.3, 0.4) is 0 Å². The number of carbonyl (C=O) groups is 2. The Morgan fingerprint density at radius 3 is 1.12 bits per heavy atom. The van der Waals surface area contributed by atoms with Crippen LogP contribution >= 0.6 is 0 Å². The standard InChI is InChI=1S/C48H95NO7S/c1-6-10-14-18-20-26-35-45(33-24-16-12-8-3)43-54-47(50)37-28-22-30-39-49(41-32-42-56-57(5,52)53)40-31-23-29-38-48(51)55-44-46(34-25-17-13-9-4)36-27-21-19-15-11-7-2/h45-46H,6-44H2,1-5H3. The van der Waals surface area contributed by atoms with Crippen LogP contribution in [0.4, 0.5) is 0 Å². The smallest absolute Gasteiger partial charge is 0.305 e. The Kier molecular flexibility index (Phi) is 40.7. The summed E-state index contributed by atoms with van der Waals surface area (Å²) in [4.78, 5) is 27.7. The number of esters is 2. The molecule has 0 amide bonds. The fourth-order valence-corrected chi connectivity index (χ4v) is 8.15. The summed E-state index contributed by atoms with van der Waals surface area (Å²) < 4.78 is 39.5. The van der Waals surface area contributed by atoms with Crippen LogP contribution in [-0.2, 0) is 33.4 Å². The summed E-state index contributed by atoms with van der Waals surface area (Å²) in [7, 11) is -3.45. The molecule has 0 aromatic rings. The van der Waals surface area contributed by atoms with Crippen LogP contribution in [0.25, 0.3) is 0 Å². The molecule has 0 rings (SSSR count). The molecule has 0 bridgehead atoms. The Morgan fingerprint density at radius 2 is 0.754 bits per heavy atom. The maximum atomic E-state index is 12.7. The van der Waals surface area contributed by atoms with Gasteiger partial charge in [-0.3, -0.25) is 13.8 Å². The first-order valence-electron chi connectivity index (χ1n) is 24.5. The lowest BCUT2D eigenvalue weighted by molar-refractivity contribution is -0.146. The predicted octanol–water partition coefficient (Wildman–Crippen LogP) is 13.5. The topological polar surface area (TPSA) is 99.2 Å². The molecule has 0 aliphatic heterocycles. The number of hydrogen-bond donors (Lipinski definition) is 0. The SMILES string of the molecule is CCCCCCCCC(CCCCCC)COC(=O)CCCCCN(CCCCCC(=O)OCC(CCCCCC)CCCCCCCC)CCCOS(C)(=O)=O. The van der Waals surface area contributed by atoms with Crippen molar-refractivity contribution in [1.82, 2.24) is 4.90 Å². The van der Waals surface area contributed by atoms with Gasteiger partial charge in [-0.15, -0.1) is 0 Å². The van der Waals surface area contributed by atoms with Gasteiger partial charge in [-0.1, -0.05) is 169 Å². The normalized spacial score (nSPS) is 12.9. The second-order valence-electron chi connectivity index (χ2n) is 17.3. The summed E-state index contributed by atoms with van der Waals surface area (Å²) in [6, 6.07) is 0. The molecule has 0 spiro atoms. The van der Waals surface area contributed by atoms with Crippen LogP contribution in [0.1, 0.15) is 240 Å². The van der Waals surface area contributed by atoms with Crippen molar-refractivity contribution in [2.45, 2.75) is 240 Å². The fourth-order valence-electron chi connectivity index (χ4n) is 7.73. The van der Waals surface area contributed by atoms with Gasteiger partial charge in [-0.25, -0.2) is 0 Å². The molecule has 0 aliphatic rings. The summed E-state index contributed by atoms with van der Waals surface area (Å²) >= 11 is 0. The van der Waals surface area contributed by atoms with Crippen LogP contribution in [0.15, 0.2) is 0 Å². The molecule has 57 heavy (non-hydrogen) atoms. The molecule has 0 saturated heterocycles. The average Bonchev–Trinajstić information content (AvgIpc) is 3.18. The lowest BCUT2D eigenvalue weighted by Gasteiger charge is -2.22. The molecule has 2 unspecified atom stereocenters. The Balaban J connectivity index is 4.60. The highest BCUT2D eigenvalue weighted by atomic mass is 32.2. The number of carbonyl (C=O) groups excluding carboxylic acids is 2. The summed E-state index contributed by atoms with van der Waals surface area (Å²) in [5.74, 6) is 0.843. The van der Waals surface area contributed by atoms with E-state index in [1.54, 1.807) is 0 Å². The Bertz CT molecular complexity index is 933. The van der Waals surface area contributed by atoms with Gasteiger partial charge in [0.2, 0.25) is 0 Å². The third-order valence-corrected chi connectivity index (χ3v) is 12.0. The van der Waals surface area contributed by atoms with E-state index in [-0.39, 0.29) is 18.5 Å². The predicted molar refractivity (Wildman–Crippen MR) is 241 cm³/mol. The summed E-state index contributed by atoms with van der Waals surface area (Å²) in [6.07, 6.45) is 38.4. The minimum Gasteiger partial charge on any atom is -0.465 e. The van der Waals surface area contributed by atoms with Gasteiger partial charge >= 0.3 is 11.9 Å². The third kappa shape index (κ3) is 41.3. The van der Waals surface area contributed by atoms with Crippen molar-refractivity contribution >= 4 is 22.1 Å². The van der Waals surface area contributed by atoms with E-state index in [4.69, 9.17) is 13.7 Å². The van der Waals surface area contributed by atoms with Crippen LogP contribution in [0, 0.1) is 11.8 Å². The van der Waals surface area contributed by atoms with Crippen molar-refractivity contribution in [3.05, 3.63) is 0 Å². The van der Waals surface area contributed by atoms with Crippen LogP contribution in [0.2, 0.25) is 0 Å². The molecule has 0 N–H and O–H groups in total. The number of ether oxygens (including phenoxy) is 2. The molecule has 0 fully saturated rings.